The number of sulfonamides is 1. The molecule has 1 aliphatic heterocycles. The monoisotopic (exact) mass is 408 g/mol. The largest absolute Gasteiger partial charge is 0.497 e. The van der Waals surface area contributed by atoms with Gasteiger partial charge in [0.1, 0.15) is 17.8 Å². The predicted octanol–water partition coefficient (Wildman–Crippen LogP) is 1.21. The molecule has 1 aromatic rings. The summed E-state index contributed by atoms with van der Waals surface area (Å²) < 4.78 is 60.3. The van der Waals surface area contributed by atoms with Gasteiger partial charge in [-0.2, -0.15) is 4.31 Å². The standard InChI is InChI=1S/C16H22F2N2O6S/c1-3-27(24,25)20(8-11-4-6-12(26-2)7-5-11)13-9-19(15(22)23)14(10-21)16(13,17)18/h4-7,13-14,21H,3,8-10H2,1-2H3,(H,22,23)/t13-,14-/m1/s1. The second-order valence-electron chi connectivity index (χ2n) is 6.12. The Morgan fingerprint density at radius 3 is 2.37 bits per heavy atom. The highest BCUT2D eigenvalue weighted by Crippen LogP contribution is 2.39. The Labute approximate surface area is 156 Å². The average molecular weight is 408 g/mol. The zero-order chi connectivity index (χ0) is 20.4. The van der Waals surface area contributed by atoms with E-state index in [0.29, 0.717) is 20.5 Å². The molecule has 1 heterocycles. The zero-order valence-corrected chi connectivity index (χ0v) is 15.7. The molecule has 152 valence electrons. The van der Waals surface area contributed by atoms with Crippen LogP contribution in [0.4, 0.5) is 13.6 Å². The van der Waals surface area contributed by atoms with Crippen LogP contribution in [0.1, 0.15) is 12.5 Å². The Bertz CT molecular complexity index is 772. The van der Waals surface area contributed by atoms with E-state index in [1.807, 2.05) is 0 Å². The second-order valence-corrected chi connectivity index (χ2v) is 8.33. The van der Waals surface area contributed by atoms with E-state index in [1.54, 1.807) is 24.3 Å². The Morgan fingerprint density at radius 1 is 1.37 bits per heavy atom. The number of likely N-dealkylation sites (tertiary alicyclic amines) is 1. The molecule has 1 fully saturated rings. The number of ether oxygens (including phenoxy) is 1. The van der Waals surface area contributed by atoms with Crippen molar-refractivity contribution in [3.8, 4) is 5.75 Å². The minimum atomic E-state index is -4.09. The lowest BCUT2D eigenvalue weighted by Gasteiger charge is -2.32. The third kappa shape index (κ3) is 4.14. The van der Waals surface area contributed by atoms with E-state index in [9.17, 15) is 27.1 Å². The summed E-state index contributed by atoms with van der Waals surface area (Å²) in [7, 11) is -2.63. The van der Waals surface area contributed by atoms with Crippen LogP contribution in [0.15, 0.2) is 24.3 Å². The van der Waals surface area contributed by atoms with Crippen LogP contribution in [0, 0.1) is 0 Å². The van der Waals surface area contributed by atoms with Crippen LogP contribution in [0.3, 0.4) is 0 Å². The van der Waals surface area contributed by atoms with Gasteiger partial charge in [-0.25, -0.2) is 22.0 Å². The summed E-state index contributed by atoms with van der Waals surface area (Å²) in [6.07, 6.45) is -1.64. The van der Waals surface area contributed by atoms with Crippen molar-refractivity contribution in [3.63, 3.8) is 0 Å². The molecule has 2 rings (SSSR count). The van der Waals surface area contributed by atoms with Crippen LogP contribution in [-0.2, 0) is 16.6 Å². The Hall–Kier alpha value is -1.98. The molecule has 8 nitrogen and oxygen atoms in total. The third-order valence-electron chi connectivity index (χ3n) is 4.62. The summed E-state index contributed by atoms with van der Waals surface area (Å²) in [5.41, 5.74) is 0.443. The van der Waals surface area contributed by atoms with Gasteiger partial charge in [0.15, 0.2) is 0 Å². The number of hydrogen-bond acceptors (Lipinski definition) is 5. The van der Waals surface area contributed by atoms with Crippen molar-refractivity contribution in [1.29, 1.82) is 0 Å². The van der Waals surface area contributed by atoms with Gasteiger partial charge in [-0.3, -0.25) is 4.90 Å². The second kappa shape index (κ2) is 7.95. The fraction of sp³-hybridized carbons (Fsp3) is 0.562. The normalized spacial score (nSPS) is 22.2. The number of halogens is 2. The maximum Gasteiger partial charge on any atom is 0.407 e. The molecule has 0 unspecified atom stereocenters. The van der Waals surface area contributed by atoms with Crippen LogP contribution in [0.25, 0.3) is 0 Å². The molecule has 0 aliphatic carbocycles. The first-order valence-corrected chi connectivity index (χ1v) is 9.80. The molecule has 0 aromatic heterocycles. The average Bonchev–Trinajstić information content (AvgIpc) is 2.90. The van der Waals surface area contributed by atoms with Crippen molar-refractivity contribution in [2.24, 2.45) is 0 Å². The highest BCUT2D eigenvalue weighted by molar-refractivity contribution is 7.89. The van der Waals surface area contributed by atoms with Crippen molar-refractivity contribution in [2.75, 3.05) is 26.0 Å². The molecular formula is C16H22F2N2O6S. The SMILES string of the molecule is CCS(=O)(=O)N(Cc1ccc(OC)cc1)[C@@H]1CN(C(=O)O)[C@H](CO)C1(F)F. The van der Waals surface area contributed by atoms with Crippen LogP contribution in [-0.4, -0.2) is 77.9 Å². The van der Waals surface area contributed by atoms with Gasteiger partial charge >= 0.3 is 6.09 Å². The zero-order valence-electron chi connectivity index (χ0n) is 14.9. The molecule has 1 saturated heterocycles. The van der Waals surface area contributed by atoms with E-state index < -0.39 is 53.0 Å². The summed E-state index contributed by atoms with van der Waals surface area (Å²) in [6, 6.07) is 2.30. The van der Waals surface area contributed by atoms with Crippen LogP contribution in [0.5, 0.6) is 5.75 Å². The van der Waals surface area contributed by atoms with Gasteiger partial charge in [-0.05, 0) is 24.6 Å². The fourth-order valence-electron chi connectivity index (χ4n) is 3.06. The number of amides is 1. The fourth-order valence-corrected chi connectivity index (χ4v) is 4.33. The summed E-state index contributed by atoms with van der Waals surface area (Å²) in [5.74, 6) is -3.65. The summed E-state index contributed by atoms with van der Waals surface area (Å²) >= 11 is 0. The topological polar surface area (TPSA) is 107 Å². The van der Waals surface area contributed by atoms with Crippen molar-refractivity contribution in [2.45, 2.75) is 31.5 Å². The number of alkyl halides is 2. The number of benzene rings is 1. The van der Waals surface area contributed by atoms with Crippen molar-refractivity contribution in [1.82, 2.24) is 9.21 Å². The van der Waals surface area contributed by atoms with Gasteiger partial charge in [0.05, 0.1) is 19.5 Å². The van der Waals surface area contributed by atoms with Crippen LogP contribution >= 0.6 is 0 Å². The minimum Gasteiger partial charge on any atom is -0.497 e. The van der Waals surface area contributed by atoms with Crippen molar-refractivity contribution < 1.29 is 36.9 Å². The number of carbonyl (C=O) groups is 1. The molecule has 1 aliphatic rings. The molecule has 0 radical (unpaired) electrons. The smallest absolute Gasteiger partial charge is 0.407 e. The molecule has 1 amide bonds. The maximum absolute atomic E-state index is 14.8. The lowest BCUT2D eigenvalue weighted by Crippen LogP contribution is -2.52. The van der Waals surface area contributed by atoms with E-state index >= 15 is 0 Å². The first kappa shape index (κ1) is 21.3. The molecule has 2 N–H and O–H groups in total. The quantitative estimate of drug-likeness (QED) is 0.702. The molecule has 0 saturated carbocycles. The number of aliphatic hydroxyl groups is 1. The van der Waals surface area contributed by atoms with Gasteiger partial charge in [0.2, 0.25) is 10.0 Å². The van der Waals surface area contributed by atoms with E-state index in [-0.39, 0.29) is 6.54 Å². The molecule has 0 spiro atoms. The Balaban J connectivity index is 2.43. The molecule has 27 heavy (non-hydrogen) atoms. The van der Waals surface area contributed by atoms with E-state index in [2.05, 4.69) is 0 Å². The van der Waals surface area contributed by atoms with Gasteiger partial charge < -0.3 is 14.9 Å². The third-order valence-corrected chi connectivity index (χ3v) is 6.45. The molecule has 11 heteroatoms. The molecule has 0 bridgehead atoms. The van der Waals surface area contributed by atoms with Gasteiger partial charge in [0.25, 0.3) is 5.92 Å². The molecule has 2 atom stereocenters. The van der Waals surface area contributed by atoms with Gasteiger partial charge in [-0.15, -0.1) is 0 Å². The van der Waals surface area contributed by atoms with E-state index in [4.69, 9.17) is 9.84 Å². The number of methoxy groups -OCH3 is 1. The number of nitrogens with zero attached hydrogens (tertiary/aromatic N) is 2. The Kier molecular flexibility index (Phi) is 6.28. The lowest BCUT2D eigenvalue weighted by molar-refractivity contribution is -0.0770. The van der Waals surface area contributed by atoms with E-state index in [0.717, 1.165) is 0 Å². The number of hydrogen-bond donors (Lipinski definition) is 2. The van der Waals surface area contributed by atoms with Gasteiger partial charge in [0, 0.05) is 13.1 Å². The summed E-state index contributed by atoms with van der Waals surface area (Å²) in [4.78, 5) is 11.7. The Morgan fingerprint density at radius 2 is 1.96 bits per heavy atom. The first-order valence-electron chi connectivity index (χ1n) is 8.19. The first-order chi connectivity index (χ1) is 12.6. The van der Waals surface area contributed by atoms with Crippen molar-refractivity contribution in [3.05, 3.63) is 29.8 Å². The van der Waals surface area contributed by atoms with E-state index in [1.165, 1.54) is 14.0 Å². The van der Waals surface area contributed by atoms with Crippen molar-refractivity contribution >= 4 is 16.1 Å². The minimum absolute atomic E-state index is 0.355. The van der Waals surface area contributed by atoms with Gasteiger partial charge in [-0.1, -0.05) is 12.1 Å². The number of rotatable bonds is 7. The highest BCUT2D eigenvalue weighted by Gasteiger charge is 2.61. The summed E-state index contributed by atoms with van der Waals surface area (Å²) in [6.45, 7) is -0.880. The number of aliphatic hydroxyl groups excluding tert-OH is 1. The maximum atomic E-state index is 14.8. The summed E-state index contributed by atoms with van der Waals surface area (Å²) in [5, 5.41) is 18.4. The number of carboxylic acid groups (broad SMARTS) is 1. The van der Waals surface area contributed by atoms with Crippen LogP contribution < -0.4 is 4.74 Å². The highest BCUT2D eigenvalue weighted by atomic mass is 32.2. The van der Waals surface area contributed by atoms with Crippen LogP contribution in [0.2, 0.25) is 0 Å². The molecular weight excluding hydrogens is 386 g/mol. The lowest BCUT2D eigenvalue weighted by atomic mass is 10.1. The predicted molar refractivity (Wildman–Crippen MR) is 92.3 cm³/mol. The molecule has 1 aromatic carbocycles.